The number of ether oxygens (including phenoxy) is 1. The van der Waals surface area contributed by atoms with Crippen LogP contribution in [0, 0.1) is 11.2 Å². The molecule has 8 heteroatoms. The summed E-state index contributed by atoms with van der Waals surface area (Å²) in [5.41, 5.74) is -2.83. The van der Waals surface area contributed by atoms with E-state index < -0.39 is 57.2 Å². The summed E-state index contributed by atoms with van der Waals surface area (Å²) >= 11 is 0. The highest BCUT2D eigenvalue weighted by atomic mass is 32.2. The van der Waals surface area contributed by atoms with Gasteiger partial charge in [0.15, 0.2) is 0 Å². The molecule has 4 nitrogen and oxygen atoms in total. The zero-order valence-corrected chi connectivity index (χ0v) is 19.4. The van der Waals surface area contributed by atoms with Crippen LogP contribution in [0.4, 0.5) is 13.2 Å². The van der Waals surface area contributed by atoms with E-state index in [0.717, 1.165) is 0 Å². The molecule has 0 spiro atoms. The van der Waals surface area contributed by atoms with Gasteiger partial charge in [0.25, 0.3) is 5.92 Å². The lowest BCUT2D eigenvalue weighted by atomic mass is 9.54. The predicted octanol–water partition coefficient (Wildman–Crippen LogP) is 5.25. The number of hydrogen-bond acceptors (Lipinski definition) is 3. The average Bonchev–Trinajstić information content (AvgIpc) is 2.70. The van der Waals surface area contributed by atoms with Crippen molar-refractivity contribution >= 4 is 17.0 Å². The molecule has 1 N–H and O–H groups in total. The second kappa shape index (κ2) is 8.63. The molecule has 1 aliphatic rings. The number of rotatable bonds is 7. The van der Waals surface area contributed by atoms with Crippen LogP contribution >= 0.6 is 0 Å². The summed E-state index contributed by atoms with van der Waals surface area (Å²) in [6.07, 6.45) is -1.68. The van der Waals surface area contributed by atoms with E-state index in [4.69, 9.17) is 4.74 Å². The van der Waals surface area contributed by atoms with Crippen LogP contribution in [0.5, 0.6) is 0 Å². The minimum Gasteiger partial charge on any atom is -0.460 e. The van der Waals surface area contributed by atoms with Gasteiger partial charge in [-0.3, -0.25) is 4.79 Å². The highest BCUT2D eigenvalue weighted by Crippen LogP contribution is 2.61. The molecule has 1 aliphatic carbocycles. The Hall–Kier alpha value is -2.19. The summed E-state index contributed by atoms with van der Waals surface area (Å²) in [5.74, 6) is -4.68. The number of hydrogen-bond donors (Lipinski definition) is 1. The molecular weight excluding hydrogens is 439 g/mol. The molecule has 0 amide bonds. The lowest BCUT2D eigenvalue weighted by Crippen LogP contribution is -2.68. The molecule has 0 saturated heterocycles. The van der Waals surface area contributed by atoms with Crippen molar-refractivity contribution in [1.82, 2.24) is 4.72 Å². The van der Waals surface area contributed by atoms with Crippen LogP contribution in [0.3, 0.4) is 0 Å². The standard InChI is InChI=1S/C24H28F3NO3S/c1-21(2,3)32(30)28-22(4,18-12-8-9-13-19(18)25)23(15-24(26,27)16-23)20(29)31-14-17-10-6-5-7-11-17/h5-13,28H,14-16H2,1-4H3/t22-,32-/m1/s1. The van der Waals surface area contributed by atoms with Crippen molar-refractivity contribution in [3.05, 3.63) is 71.5 Å². The van der Waals surface area contributed by atoms with Crippen molar-refractivity contribution < 1.29 is 26.9 Å². The van der Waals surface area contributed by atoms with Gasteiger partial charge in [-0.15, -0.1) is 0 Å². The minimum absolute atomic E-state index is 0.00948. The molecule has 3 rings (SSSR count). The first-order valence-corrected chi connectivity index (χ1v) is 11.5. The van der Waals surface area contributed by atoms with Gasteiger partial charge in [0.1, 0.15) is 17.8 Å². The molecule has 2 atom stereocenters. The van der Waals surface area contributed by atoms with Crippen molar-refractivity contribution in [3.63, 3.8) is 0 Å². The number of benzene rings is 2. The summed E-state index contributed by atoms with van der Waals surface area (Å²) in [6.45, 7) is 6.45. The number of nitrogens with one attached hydrogen (secondary N) is 1. The van der Waals surface area contributed by atoms with Gasteiger partial charge < -0.3 is 4.74 Å². The topological polar surface area (TPSA) is 55.4 Å². The van der Waals surface area contributed by atoms with Crippen molar-refractivity contribution in [2.75, 3.05) is 0 Å². The first-order valence-electron chi connectivity index (χ1n) is 10.3. The van der Waals surface area contributed by atoms with Crippen molar-refractivity contribution in [1.29, 1.82) is 0 Å². The first-order chi connectivity index (χ1) is 14.8. The molecule has 0 aliphatic heterocycles. The van der Waals surface area contributed by atoms with E-state index in [1.807, 2.05) is 0 Å². The number of carbonyl (C=O) groups excluding carboxylic acids is 1. The fourth-order valence-corrected chi connectivity index (χ4v) is 4.99. The summed E-state index contributed by atoms with van der Waals surface area (Å²) < 4.78 is 64.1. The molecular formula is C24H28F3NO3S. The van der Waals surface area contributed by atoms with Crippen LogP contribution in [-0.2, 0) is 32.7 Å². The molecule has 0 bridgehead atoms. The smallest absolute Gasteiger partial charge is 0.315 e. The van der Waals surface area contributed by atoms with Gasteiger partial charge in [0.2, 0.25) is 0 Å². The summed E-state index contributed by atoms with van der Waals surface area (Å²) in [4.78, 5) is 13.4. The van der Waals surface area contributed by atoms with Crippen LogP contribution in [0.1, 0.15) is 51.7 Å². The third kappa shape index (κ3) is 4.62. The molecule has 0 unspecified atom stereocenters. The van der Waals surface area contributed by atoms with Gasteiger partial charge in [-0.2, -0.15) is 0 Å². The van der Waals surface area contributed by atoms with Gasteiger partial charge in [-0.05, 0) is 39.3 Å². The molecule has 2 aromatic carbocycles. The van der Waals surface area contributed by atoms with E-state index in [2.05, 4.69) is 4.72 Å². The maximum Gasteiger partial charge on any atom is 0.315 e. The normalized spacial score (nSPS) is 20.0. The number of carbonyl (C=O) groups is 1. The van der Waals surface area contributed by atoms with E-state index in [9.17, 15) is 22.2 Å². The van der Waals surface area contributed by atoms with E-state index in [1.54, 1.807) is 57.2 Å². The Balaban J connectivity index is 2.05. The first kappa shape index (κ1) is 24.5. The Kier molecular flexibility index (Phi) is 6.60. The average molecular weight is 468 g/mol. The minimum atomic E-state index is -3.12. The molecule has 174 valence electrons. The Morgan fingerprint density at radius 3 is 2.12 bits per heavy atom. The van der Waals surface area contributed by atoms with Crippen molar-refractivity contribution in [2.45, 2.75) is 63.4 Å². The molecule has 0 aromatic heterocycles. The zero-order chi connectivity index (χ0) is 23.8. The second-order valence-corrected chi connectivity index (χ2v) is 11.4. The maximum absolute atomic E-state index is 15.0. The molecule has 32 heavy (non-hydrogen) atoms. The van der Waals surface area contributed by atoms with Crippen LogP contribution in [-0.4, -0.2) is 20.8 Å². The second-order valence-electron chi connectivity index (χ2n) is 9.44. The quantitative estimate of drug-likeness (QED) is 0.566. The van der Waals surface area contributed by atoms with Crippen LogP contribution < -0.4 is 4.72 Å². The number of halogens is 3. The van der Waals surface area contributed by atoms with Crippen molar-refractivity contribution in [3.8, 4) is 0 Å². The number of alkyl halides is 2. The molecule has 2 aromatic rings. The van der Waals surface area contributed by atoms with Crippen LogP contribution in [0.25, 0.3) is 0 Å². The van der Waals surface area contributed by atoms with E-state index in [-0.39, 0.29) is 12.2 Å². The van der Waals surface area contributed by atoms with Crippen LogP contribution in [0.2, 0.25) is 0 Å². The van der Waals surface area contributed by atoms with E-state index in [1.165, 1.54) is 25.1 Å². The highest BCUT2D eigenvalue weighted by molar-refractivity contribution is 7.84. The summed E-state index contributed by atoms with van der Waals surface area (Å²) in [7, 11) is -1.78. The summed E-state index contributed by atoms with van der Waals surface area (Å²) in [6, 6.07) is 14.5. The van der Waals surface area contributed by atoms with E-state index in [0.29, 0.717) is 5.56 Å². The predicted molar refractivity (Wildman–Crippen MR) is 118 cm³/mol. The fraction of sp³-hybridized carbons (Fsp3) is 0.458. The Labute approximate surface area is 189 Å². The van der Waals surface area contributed by atoms with Crippen LogP contribution in [0.15, 0.2) is 54.6 Å². The van der Waals surface area contributed by atoms with Gasteiger partial charge >= 0.3 is 5.97 Å². The monoisotopic (exact) mass is 467 g/mol. The SMILES string of the molecule is CC(C)(C)[S@@](=O)N[C@](C)(c1ccccc1F)C1(C(=O)OCc2ccccc2)CC(F)(F)C1. The summed E-state index contributed by atoms with van der Waals surface area (Å²) in [5, 5.41) is 0. The maximum atomic E-state index is 15.0. The van der Waals surface area contributed by atoms with Gasteiger partial charge in [-0.25, -0.2) is 22.1 Å². The lowest BCUT2D eigenvalue weighted by Gasteiger charge is -2.55. The van der Waals surface area contributed by atoms with Gasteiger partial charge in [-0.1, -0.05) is 48.5 Å². The zero-order valence-electron chi connectivity index (χ0n) is 18.6. The Bertz CT molecular complexity index is 999. The number of esters is 1. The van der Waals surface area contributed by atoms with Crippen molar-refractivity contribution in [2.24, 2.45) is 5.41 Å². The van der Waals surface area contributed by atoms with Gasteiger partial charge in [0, 0.05) is 18.4 Å². The largest absolute Gasteiger partial charge is 0.460 e. The Morgan fingerprint density at radius 2 is 1.59 bits per heavy atom. The Morgan fingerprint density at radius 1 is 1.03 bits per heavy atom. The fourth-order valence-electron chi connectivity index (χ4n) is 4.01. The third-order valence-electron chi connectivity index (χ3n) is 5.95. The highest BCUT2D eigenvalue weighted by Gasteiger charge is 2.71. The molecule has 1 fully saturated rings. The molecule has 0 heterocycles. The van der Waals surface area contributed by atoms with E-state index >= 15 is 0 Å². The third-order valence-corrected chi connectivity index (χ3v) is 7.65. The molecule has 0 radical (unpaired) electrons. The lowest BCUT2D eigenvalue weighted by molar-refractivity contribution is -0.217. The molecule has 1 saturated carbocycles. The van der Waals surface area contributed by atoms with Gasteiger partial charge in [0.05, 0.1) is 21.3 Å².